The highest BCUT2D eigenvalue weighted by Crippen LogP contribution is 2.18. The SMILES string of the molecule is CCCCC/C=C\C/C=C\CCCCCCCCCC(CC(=O)NC(CO)C(O)CCCCCCCCCCCCC)OC(=O)CCCCC/C=C\CCCCCCCC. The van der Waals surface area contributed by atoms with E-state index in [1.54, 1.807) is 0 Å². The van der Waals surface area contributed by atoms with Crippen LogP contribution in [0.5, 0.6) is 0 Å². The maximum atomic E-state index is 13.2. The van der Waals surface area contributed by atoms with Crippen LogP contribution in [0.15, 0.2) is 36.5 Å². The lowest BCUT2D eigenvalue weighted by Crippen LogP contribution is -2.46. The van der Waals surface area contributed by atoms with E-state index in [1.165, 1.54) is 148 Å². The molecule has 0 aliphatic heterocycles. The number of esters is 1. The molecule has 0 aromatic carbocycles. The Labute approximate surface area is 373 Å². The van der Waals surface area contributed by atoms with Crippen LogP contribution in [0.4, 0.5) is 0 Å². The zero-order chi connectivity index (χ0) is 43.8. The fraction of sp³-hybridized carbons (Fsp3) is 0.852. The molecule has 0 spiro atoms. The van der Waals surface area contributed by atoms with Crippen molar-refractivity contribution in [2.75, 3.05) is 6.61 Å². The number of aliphatic hydroxyl groups excluding tert-OH is 2. The summed E-state index contributed by atoms with van der Waals surface area (Å²) in [6.45, 7) is 6.45. The molecule has 0 heterocycles. The molecule has 0 radical (unpaired) electrons. The predicted molar refractivity (Wildman–Crippen MR) is 259 cm³/mol. The van der Waals surface area contributed by atoms with E-state index in [9.17, 15) is 19.8 Å². The average molecular weight is 844 g/mol. The second kappa shape index (κ2) is 48.1. The van der Waals surface area contributed by atoms with Crippen LogP contribution in [0.2, 0.25) is 0 Å². The molecule has 6 nitrogen and oxygen atoms in total. The third-order valence-corrected chi connectivity index (χ3v) is 11.9. The van der Waals surface area contributed by atoms with Gasteiger partial charge in [-0.3, -0.25) is 9.59 Å². The second-order valence-corrected chi connectivity index (χ2v) is 17.9. The van der Waals surface area contributed by atoms with Gasteiger partial charge in [0.15, 0.2) is 0 Å². The summed E-state index contributed by atoms with van der Waals surface area (Å²) in [6, 6.07) is -0.704. The Bertz CT molecular complexity index is 993. The van der Waals surface area contributed by atoms with Gasteiger partial charge in [0.05, 0.1) is 25.2 Å². The van der Waals surface area contributed by atoms with Crippen molar-refractivity contribution in [2.45, 2.75) is 289 Å². The van der Waals surface area contributed by atoms with Gasteiger partial charge in [-0.25, -0.2) is 0 Å². The molecule has 0 aromatic heterocycles. The molecule has 6 heteroatoms. The first-order valence-electron chi connectivity index (χ1n) is 26.2. The molecule has 0 bridgehead atoms. The van der Waals surface area contributed by atoms with Gasteiger partial charge in [0.2, 0.25) is 5.91 Å². The number of hydrogen-bond acceptors (Lipinski definition) is 5. The Morgan fingerprint density at radius 1 is 0.483 bits per heavy atom. The van der Waals surface area contributed by atoms with Gasteiger partial charge >= 0.3 is 5.97 Å². The summed E-state index contributed by atoms with van der Waals surface area (Å²) in [7, 11) is 0. The zero-order valence-corrected chi connectivity index (χ0v) is 40.1. The third kappa shape index (κ3) is 42.8. The van der Waals surface area contributed by atoms with Gasteiger partial charge in [-0.2, -0.15) is 0 Å². The Balaban J connectivity index is 4.61. The van der Waals surface area contributed by atoms with Gasteiger partial charge in [-0.05, 0) is 83.5 Å². The standard InChI is InChI=1S/C54H101NO5/c1-4-7-10-13-16-19-22-24-25-26-27-29-31-33-36-39-42-45-50(60-54(59)47-44-41-38-35-32-28-23-20-17-14-11-8-5-2)48-53(58)55-51(49-56)52(57)46-43-40-37-34-30-21-18-15-12-9-6-3/h16,19,24-25,28,32,50-52,56-57H,4-15,17-18,20-23,26-27,29-31,33-49H2,1-3H3,(H,55,58)/b19-16-,25-24-,32-28-. The van der Waals surface area contributed by atoms with Crippen LogP contribution < -0.4 is 5.32 Å². The van der Waals surface area contributed by atoms with Gasteiger partial charge in [-0.1, -0.05) is 211 Å². The van der Waals surface area contributed by atoms with Gasteiger partial charge in [0.1, 0.15) is 6.10 Å². The minimum atomic E-state index is -0.790. The molecular formula is C54H101NO5. The van der Waals surface area contributed by atoms with E-state index in [4.69, 9.17) is 4.74 Å². The summed E-state index contributed by atoms with van der Waals surface area (Å²) >= 11 is 0. The first kappa shape index (κ1) is 58.1. The summed E-state index contributed by atoms with van der Waals surface area (Å²) in [6.07, 6.45) is 56.3. The summed E-state index contributed by atoms with van der Waals surface area (Å²) < 4.78 is 5.93. The highest BCUT2D eigenvalue weighted by Gasteiger charge is 2.24. The summed E-state index contributed by atoms with van der Waals surface area (Å²) in [5.74, 6) is -0.492. The molecule has 1 amide bonds. The van der Waals surface area contributed by atoms with E-state index >= 15 is 0 Å². The second-order valence-electron chi connectivity index (χ2n) is 17.9. The number of unbranched alkanes of at least 4 members (excludes halogenated alkanes) is 29. The van der Waals surface area contributed by atoms with Crippen LogP contribution in [0.1, 0.15) is 271 Å². The highest BCUT2D eigenvalue weighted by atomic mass is 16.5. The average Bonchev–Trinajstić information content (AvgIpc) is 3.24. The largest absolute Gasteiger partial charge is 0.462 e. The molecule has 0 aliphatic rings. The van der Waals surface area contributed by atoms with Crippen molar-refractivity contribution in [1.29, 1.82) is 0 Å². The van der Waals surface area contributed by atoms with Gasteiger partial charge in [-0.15, -0.1) is 0 Å². The van der Waals surface area contributed by atoms with Crippen LogP contribution in [-0.4, -0.2) is 46.9 Å². The zero-order valence-electron chi connectivity index (χ0n) is 40.1. The first-order chi connectivity index (χ1) is 29.5. The molecule has 0 saturated heterocycles. The van der Waals surface area contributed by atoms with Gasteiger partial charge in [0, 0.05) is 6.42 Å². The molecule has 60 heavy (non-hydrogen) atoms. The Kier molecular flexibility index (Phi) is 46.6. The maximum Gasteiger partial charge on any atom is 0.306 e. The van der Waals surface area contributed by atoms with E-state index < -0.39 is 18.2 Å². The lowest BCUT2D eigenvalue weighted by molar-refractivity contribution is -0.151. The summed E-state index contributed by atoms with van der Waals surface area (Å²) in [4.78, 5) is 26.1. The Morgan fingerprint density at radius 3 is 1.32 bits per heavy atom. The minimum Gasteiger partial charge on any atom is -0.462 e. The Hall–Kier alpha value is -1.92. The van der Waals surface area contributed by atoms with Crippen molar-refractivity contribution >= 4 is 11.9 Å². The Morgan fingerprint density at radius 2 is 0.850 bits per heavy atom. The number of amides is 1. The number of aliphatic hydroxyl groups is 2. The van der Waals surface area contributed by atoms with Crippen LogP contribution in [0.25, 0.3) is 0 Å². The smallest absolute Gasteiger partial charge is 0.306 e. The minimum absolute atomic E-state index is 0.0684. The number of hydrogen-bond donors (Lipinski definition) is 3. The summed E-state index contributed by atoms with van der Waals surface area (Å²) in [5.41, 5.74) is 0. The molecule has 352 valence electrons. The van der Waals surface area contributed by atoms with Crippen LogP contribution in [0, 0.1) is 0 Å². The number of carbonyl (C=O) groups excluding carboxylic acids is 2. The molecular weight excluding hydrogens is 743 g/mol. The van der Waals surface area contributed by atoms with Gasteiger partial charge < -0.3 is 20.3 Å². The molecule has 0 aliphatic carbocycles. The molecule has 3 unspecified atom stereocenters. The van der Waals surface area contributed by atoms with E-state index in [-0.39, 0.29) is 24.9 Å². The van der Waals surface area contributed by atoms with Crippen LogP contribution in [-0.2, 0) is 14.3 Å². The highest BCUT2D eigenvalue weighted by molar-refractivity contribution is 5.77. The quantitative estimate of drug-likeness (QED) is 0.0322. The molecule has 0 saturated carbocycles. The lowest BCUT2D eigenvalue weighted by atomic mass is 10.0. The van der Waals surface area contributed by atoms with Crippen molar-refractivity contribution in [3.8, 4) is 0 Å². The fourth-order valence-electron chi connectivity index (χ4n) is 7.93. The van der Waals surface area contributed by atoms with Crippen LogP contribution >= 0.6 is 0 Å². The molecule has 0 rings (SSSR count). The van der Waals surface area contributed by atoms with Gasteiger partial charge in [0.25, 0.3) is 0 Å². The maximum absolute atomic E-state index is 13.2. The summed E-state index contributed by atoms with van der Waals surface area (Å²) in [5, 5.41) is 23.7. The lowest BCUT2D eigenvalue weighted by Gasteiger charge is -2.24. The molecule has 3 atom stereocenters. The molecule has 0 aromatic rings. The molecule has 3 N–H and O–H groups in total. The number of allylic oxidation sites excluding steroid dienone is 6. The van der Waals surface area contributed by atoms with Crippen LogP contribution in [0.3, 0.4) is 0 Å². The van der Waals surface area contributed by atoms with E-state index in [0.717, 1.165) is 77.0 Å². The van der Waals surface area contributed by atoms with E-state index in [0.29, 0.717) is 19.3 Å². The third-order valence-electron chi connectivity index (χ3n) is 11.9. The first-order valence-corrected chi connectivity index (χ1v) is 26.2. The number of ether oxygens (including phenoxy) is 1. The predicted octanol–water partition coefficient (Wildman–Crippen LogP) is 15.7. The van der Waals surface area contributed by atoms with E-state index in [1.807, 2.05) is 0 Å². The normalized spacial score (nSPS) is 13.5. The number of nitrogens with one attached hydrogen (secondary N) is 1. The van der Waals surface area contributed by atoms with Crippen molar-refractivity contribution in [2.24, 2.45) is 0 Å². The fourth-order valence-corrected chi connectivity index (χ4v) is 7.93. The topological polar surface area (TPSA) is 95.9 Å². The van der Waals surface area contributed by atoms with E-state index in [2.05, 4.69) is 62.5 Å². The number of rotatable bonds is 47. The molecule has 0 fully saturated rings. The monoisotopic (exact) mass is 844 g/mol. The van der Waals surface area contributed by atoms with Crippen molar-refractivity contribution < 1.29 is 24.5 Å². The van der Waals surface area contributed by atoms with Crippen molar-refractivity contribution in [3.05, 3.63) is 36.5 Å². The number of carbonyl (C=O) groups is 2. The van der Waals surface area contributed by atoms with Crippen molar-refractivity contribution in [1.82, 2.24) is 5.32 Å². The van der Waals surface area contributed by atoms with Crippen molar-refractivity contribution in [3.63, 3.8) is 0 Å².